The third-order valence-electron chi connectivity index (χ3n) is 5.54. The molecule has 1 atom stereocenters. The van der Waals surface area contributed by atoms with Gasteiger partial charge in [-0.3, -0.25) is 4.90 Å². The van der Waals surface area contributed by atoms with E-state index in [2.05, 4.69) is 15.0 Å². The van der Waals surface area contributed by atoms with Gasteiger partial charge < -0.3 is 14.7 Å². The van der Waals surface area contributed by atoms with Crippen LogP contribution in [-0.2, 0) is 17.6 Å². The molecule has 2 aromatic rings. The summed E-state index contributed by atoms with van der Waals surface area (Å²) in [6.45, 7) is 8.62. The van der Waals surface area contributed by atoms with E-state index in [1.807, 2.05) is 39.0 Å². The van der Waals surface area contributed by atoms with E-state index < -0.39 is 5.60 Å². The van der Waals surface area contributed by atoms with Crippen LogP contribution in [0, 0.1) is 0 Å². The minimum absolute atomic E-state index is 0.191. The first-order valence-corrected chi connectivity index (χ1v) is 10.2. The van der Waals surface area contributed by atoms with Crippen LogP contribution < -0.4 is 0 Å². The van der Waals surface area contributed by atoms with Crippen molar-refractivity contribution in [2.75, 3.05) is 26.2 Å². The maximum atomic E-state index is 12.3. The Labute approximate surface area is 171 Å². The summed E-state index contributed by atoms with van der Waals surface area (Å²) in [5, 5.41) is 15.3. The van der Waals surface area contributed by atoms with Crippen molar-refractivity contribution in [1.29, 1.82) is 0 Å². The van der Waals surface area contributed by atoms with Crippen molar-refractivity contribution in [3.05, 3.63) is 35.7 Å². The number of aromatic nitrogens is 3. The molecule has 156 valence electrons. The number of aromatic hydroxyl groups is 1. The van der Waals surface area contributed by atoms with E-state index in [1.165, 1.54) is 4.68 Å². The Bertz CT molecular complexity index is 866. The summed E-state index contributed by atoms with van der Waals surface area (Å²) in [6.07, 6.45) is 4.05. The second-order valence-corrected chi connectivity index (χ2v) is 8.75. The molecule has 1 aliphatic heterocycles. The van der Waals surface area contributed by atoms with Gasteiger partial charge in [0.05, 0.1) is 5.69 Å². The molecule has 0 bridgehead atoms. The highest BCUT2D eigenvalue weighted by Gasteiger charge is 2.33. The van der Waals surface area contributed by atoms with Crippen molar-refractivity contribution >= 4 is 6.09 Å². The van der Waals surface area contributed by atoms with Gasteiger partial charge in [0.2, 0.25) is 5.88 Å². The number of amides is 1. The fourth-order valence-electron chi connectivity index (χ4n) is 4.08. The lowest BCUT2D eigenvalue weighted by Gasteiger charge is -2.40. The Morgan fingerprint density at radius 2 is 1.97 bits per heavy atom. The summed E-state index contributed by atoms with van der Waals surface area (Å²) >= 11 is 0. The van der Waals surface area contributed by atoms with Gasteiger partial charge in [-0.15, -0.1) is 0 Å². The van der Waals surface area contributed by atoms with Crippen molar-refractivity contribution in [1.82, 2.24) is 24.6 Å². The highest BCUT2D eigenvalue weighted by Crippen LogP contribution is 2.32. The largest absolute Gasteiger partial charge is 0.493 e. The molecule has 2 aliphatic rings. The molecule has 1 N–H and O–H groups in total. The number of piperazine rings is 1. The van der Waals surface area contributed by atoms with Crippen molar-refractivity contribution in [2.24, 2.45) is 0 Å². The predicted octanol–water partition coefficient (Wildman–Crippen LogP) is 2.38. The molecule has 0 aromatic carbocycles. The Morgan fingerprint density at radius 1 is 1.21 bits per heavy atom. The van der Waals surface area contributed by atoms with Crippen LogP contribution in [0.3, 0.4) is 0 Å². The van der Waals surface area contributed by atoms with Crippen molar-refractivity contribution in [2.45, 2.75) is 51.7 Å². The molecule has 1 amide bonds. The summed E-state index contributed by atoms with van der Waals surface area (Å²) in [4.78, 5) is 20.8. The van der Waals surface area contributed by atoms with Crippen LogP contribution in [-0.4, -0.2) is 73.6 Å². The standard InChI is InChI=1S/C21H29N5O3/c1-21(2,3)29-20(28)25-12-10-24(11-13-25)15-7-8-17-16(14-15)19(27)26(23-17)18-6-4-5-9-22-18/h4-6,9,15,27H,7-8,10-14H2,1-3H3. The van der Waals surface area contributed by atoms with Crippen LogP contribution in [0.1, 0.15) is 38.4 Å². The van der Waals surface area contributed by atoms with Gasteiger partial charge in [0.15, 0.2) is 5.82 Å². The molecule has 0 saturated carbocycles. The second kappa shape index (κ2) is 7.67. The molecule has 1 aliphatic carbocycles. The van der Waals surface area contributed by atoms with Crippen LogP contribution >= 0.6 is 0 Å². The fourth-order valence-corrected chi connectivity index (χ4v) is 4.08. The van der Waals surface area contributed by atoms with E-state index in [1.54, 1.807) is 11.1 Å². The minimum Gasteiger partial charge on any atom is -0.493 e. The number of nitrogens with zero attached hydrogens (tertiary/aromatic N) is 5. The molecule has 8 heteroatoms. The number of hydrogen-bond donors (Lipinski definition) is 1. The van der Waals surface area contributed by atoms with Crippen LogP contribution in [0.4, 0.5) is 4.79 Å². The highest BCUT2D eigenvalue weighted by molar-refractivity contribution is 5.68. The fraction of sp³-hybridized carbons (Fsp3) is 0.571. The smallest absolute Gasteiger partial charge is 0.410 e. The van der Waals surface area contributed by atoms with E-state index >= 15 is 0 Å². The van der Waals surface area contributed by atoms with Gasteiger partial charge >= 0.3 is 6.09 Å². The lowest BCUT2D eigenvalue weighted by molar-refractivity contribution is 0.00956. The quantitative estimate of drug-likeness (QED) is 0.835. The van der Waals surface area contributed by atoms with Crippen LogP contribution in [0.2, 0.25) is 0 Å². The number of rotatable bonds is 2. The number of pyridine rings is 1. The van der Waals surface area contributed by atoms with Crippen molar-refractivity contribution in [3.8, 4) is 11.7 Å². The monoisotopic (exact) mass is 399 g/mol. The SMILES string of the molecule is CC(C)(C)OC(=O)N1CCN(C2CCc3nn(-c4ccccn4)c(O)c3C2)CC1. The van der Waals surface area contributed by atoms with Crippen molar-refractivity contribution < 1.29 is 14.6 Å². The second-order valence-electron chi connectivity index (χ2n) is 8.75. The number of ether oxygens (including phenoxy) is 1. The molecule has 8 nitrogen and oxygen atoms in total. The molecule has 0 spiro atoms. The van der Waals surface area contributed by atoms with Crippen molar-refractivity contribution in [3.63, 3.8) is 0 Å². The van der Waals surface area contributed by atoms with Crippen LogP contribution in [0.25, 0.3) is 5.82 Å². The van der Waals surface area contributed by atoms with Gasteiger partial charge in [-0.25, -0.2) is 9.78 Å². The van der Waals surface area contributed by atoms with E-state index in [0.717, 1.165) is 43.6 Å². The Morgan fingerprint density at radius 3 is 2.62 bits per heavy atom. The van der Waals surface area contributed by atoms with Crippen LogP contribution in [0.15, 0.2) is 24.4 Å². The molecule has 4 rings (SSSR count). The number of fused-ring (bicyclic) bond motifs is 1. The molecule has 1 fully saturated rings. The molecule has 1 saturated heterocycles. The average Bonchev–Trinajstić information content (AvgIpc) is 3.03. The lowest BCUT2D eigenvalue weighted by atomic mass is 9.91. The Hall–Kier alpha value is -2.61. The van der Waals surface area contributed by atoms with Gasteiger partial charge in [0, 0.05) is 44.0 Å². The molecule has 29 heavy (non-hydrogen) atoms. The first-order chi connectivity index (χ1) is 13.8. The first kappa shape index (κ1) is 19.7. The first-order valence-electron chi connectivity index (χ1n) is 10.2. The summed E-state index contributed by atoms with van der Waals surface area (Å²) in [5.74, 6) is 0.817. The Balaban J connectivity index is 1.40. The zero-order chi connectivity index (χ0) is 20.6. The van der Waals surface area contributed by atoms with Gasteiger partial charge in [0.1, 0.15) is 5.60 Å². The molecule has 2 aromatic heterocycles. The van der Waals surface area contributed by atoms with E-state index in [-0.39, 0.29) is 12.0 Å². The number of aryl methyl sites for hydroxylation is 1. The molecule has 0 radical (unpaired) electrons. The van der Waals surface area contributed by atoms with Gasteiger partial charge in [-0.05, 0) is 52.2 Å². The summed E-state index contributed by atoms with van der Waals surface area (Å²) in [6, 6.07) is 5.91. The van der Waals surface area contributed by atoms with E-state index in [4.69, 9.17) is 4.74 Å². The third-order valence-corrected chi connectivity index (χ3v) is 5.54. The van der Waals surface area contributed by atoms with Gasteiger partial charge in [-0.1, -0.05) is 6.07 Å². The number of carbonyl (C=O) groups excluding carboxylic acids is 1. The van der Waals surface area contributed by atoms with E-state index in [9.17, 15) is 9.90 Å². The summed E-state index contributed by atoms with van der Waals surface area (Å²) in [5.41, 5.74) is 1.40. The zero-order valence-corrected chi connectivity index (χ0v) is 17.3. The summed E-state index contributed by atoms with van der Waals surface area (Å²) < 4.78 is 7.02. The summed E-state index contributed by atoms with van der Waals surface area (Å²) in [7, 11) is 0. The van der Waals surface area contributed by atoms with E-state index in [0.29, 0.717) is 24.9 Å². The minimum atomic E-state index is -0.473. The maximum absolute atomic E-state index is 12.3. The van der Waals surface area contributed by atoms with Crippen LogP contribution in [0.5, 0.6) is 5.88 Å². The normalized spacial score (nSPS) is 20.4. The van der Waals surface area contributed by atoms with Gasteiger partial charge in [-0.2, -0.15) is 9.78 Å². The predicted molar refractivity (Wildman–Crippen MR) is 108 cm³/mol. The zero-order valence-electron chi connectivity index (χ0n) is 17.3. The molecular formula is C21H29N5O3. The molecule has 3 heterocycles. The molecule has 1 unspecified atom stereocenters. The average molecular weight is 399 g/mol. The highest BCUT2D eigenvalue weighted by atomic mass is 16.6. The number of carbonyl (C=O) groups is 1. The maximum Gasteiger partial charge on any atom is 0.410 e. The topological polar surface area (TPSA) is 83.7 Å². The number of hydrogen-bond acceptors (Lipinski definition) is 6. The lowest BCUT2D eigenvalue weighted by Crippen LogP contribution is -2.53. The van der Waals surface area contributed by atoms with Gasteiger partial charge in [0.25, 0.3) is 0 Å². The Kier molecular flexibility index (Phi) is 5.21. The molecular weight excluding hydrogens is 370 g/mol. The third kappa shape index (κ3) is 4.22.